The van der Waals surface area contributed by atoms with Crippen LogP contribution in [0, 0.1) is 11.6 Å². The zero-order valence-corrected chi connectivity index (χ0v) is 19.6. The van der Waals surface area contributed by atoms with Gasteiger partial charge in [0.2, 0.25) is 0 Å². The van der Waals surface area contributed by atoms with E-state index in [9.17, 15) is 26.7 Å². The first-order chi connectivity index (χ1) is 18.2. The van der Waals surface area contributed by atoms with Gasteiger partial charge in [-0.1, -0.05) is 6.07 Å². The maximum atomic E-state index is 14.8. The van der Waals surface area contributed by atoms with Gasteiger partial charge in [-0.05, 0) is 30.3 Å². The van der Waals surface area contributed by atoms with Gasteiger partial charge in [-0.2, -0.15) is 13.2 Å². The van der Waals surface area contributed by atoms with Crippen LogP contribution in [0.15, 0.2) is 60.8 Å². The molecule has 0 spiro atoms. The highest BCUT2D eigenvalue weighted by Gasteiger charge is 2.31. The minimum absolute atomic E-state index is 0.114. The van der Waals surface area contributed by atoms with Gasteiger partial charge in [0, 0.05) is 55.6 Å². The van der Waals surface area contributed by atoms with Gasteiger partial charge in [-0.25, -0.2) is 13.8 Å². The summed E-state index contributed by atoms with van der Waals surface area (Å²) >= 11 is 0. The number of amides is 1. The number of nitrogens with one attached hydrogen (secondary N) is 2. The van der Waals surface area contributed by atoms with Crippen molar-refractivity contribution >= 4 is 28.4 Å². The van der Waals surface area contributed by atoms with E-state index in [-0.39, 0.29) is 17.0 Å². The summed E-state index contributed by atoms with van der Waals surface area (Å²) in [5.41, 5.74) is -0.584. The second kappa shape index (κ2) is 10.2. The van der Waals surface area contributed by atoms with E-state index < -0.39 is 35.0 Å². The standard InChI is InChI=1S/C26H20F5N5O2/c27-19-11-17(34-25(37)15-2-1-3-16(10-15)26(29,30)31)12-20(28)24(19)38-18-4-5-21-22(13-18)35-23(14-33-21)36-8-6-32-7-9-36/h1-5,10-14,32H,6-9H2,(H,34,37). The molecule has 12 heteroatoms. The minimum Gasteiger partial charge on any atom is -0.451 e. The summed E-state index contributed by atoms with van der Waals surface area (Å²) in [5, 5.41) is 5.46. The van der Waals surface area contributed by atoms with Crippen molar-refractivity contribution in [2.24, 2.45) is 0 Å². The molecule has 7 nitrogen and oxygen atoms in total. The number of carbonyl (C=O) groups is 1. The summed E-state index contributed by atoms with van der Waals surface area (Å²) in [6.07, 6.45) is -2.98. The van der Waals surface area contributed by atoms with Crippen LogP contribution in [0.3, 0.4) is 0 Å². The summed E-state index contributed by atoms with van der Waals surface area (Å²) < 4.78 is 73.8. The van der Waals surface area contributed by atoms with Gasteiger partial charge < -0.3 is 20.3 Å². The number of benzene rings is 3. The molecule has 5 rings (SSSR count). The fourth-order valence-corrected chi connectivity index (χ4v) is 3.98. The minimum atomic E-state index is -4.64. The first-order valence-corrected chi connectivity index (χ1v) is 11.6. The van der Waals surface area contributed by atoms with Crippen LogP contribution in [0.25, 0.3) is 11.0 Å². The number of fused-ring (bicyclic) bond motifs is 1. The summed E-state index contributed by atoms with van der Waals surface area (Å²) in [6.45, 7) is 3.17. The summed E-state index contributed by atoms with van der Waals surface area (Å²) in [6, 6.07) is 9.92. The number of aromatic nitrogens is 2. The number of rotatable bonds is 5. The van der Waals surface area contributed by atoms with E-state index in [4.69, 9.17) is 4.74 Å². The summed E-state index contributed by atoms with van der Waals surface area (Å²) in [5.74, 6) is -3.13. The summed E-state index contributed by atoms with van der Waals surface area (Å²) in [7, 11) is 0. The van der Waals surface area contributed by atoms with Gasteiger partial charge in [0.25, 0.3) is 5.91 Å². The molecule has 0 radical (unpaired) electrons. The van der Waals surface area contributed by atoms with Gasteiger partial charge in [-0.15, -0.1) is 0 Å². The first kappa shape index (κ1) is 25.3. The molecule has 1 fully saturated rings. The van der Waals surface area contributed by atoms with E-state index in [1.807, 2.05) is 0 Å². The third-order valence-electron chi connectivity index (χ3n) is 5.87. The number of nitrogens with zero attached hydrogens (tertiary/aromatic N) is 3. The van der Waals surface area contributed by atoms with E-state index in [2.05, 4.69) is 25.5 Å². The molecule has 0 bridgehead atoms. The van der Waals surface area contributed by atoms with Gasteiger partial charge in [-0.3, -0.25) is 9.78 Å². The van der Waals surface area contributed by atoms with Crippen LogP contribution < -0.4 is 20.3 Å². The highest BCUT2D eigenvalue weighted by molar-refractivity contribution is 6.04. The Bertz CT molecular complexity index is 1480. The first-order valence-electron chi connectivity index (χ1n) is 11.6. The second-order valence-corrected chi connectivity index (χ2v) is 8.52. The Kier molecular flexibility index (Phi) is 6.81. The maximum Gasteiger partial charge on any atom is 0.416 e. The van der Waals surface area contributed by atoms with Crippen molar-refractivity contribution in [1.82, 2.24) is 15.3 Å². The van der Waals surface area contributed by atoms with Gasteiger partial charge >= 0.3 is 6.18 Å². The van der Waals surface area contributed by atoms with Crippen molar-refractivity contribution in [3.63, 3.8) is 0 Å². The van der Waals surface area contributed by atoms with Gasteiger partial charge in [0.15, 0.2) is 17.4 Å². The van der Waals surface area contributed by atoms with Crippen molar-refractivity contribution in [2.45, 2.75) is 6.18 Å². The number of carbonyl (C=O) groups excluding carboxylic acids is 1. The van der Waals surface area contributed by atoms with Crippen molar-refractivity contribution < 1.29 is 31.5 Å². The van der Waals surface area contributed by atoms with Crippen molar-refractivity contribution in [3.05, 3.63) is 83.6 Å². The molecule has 38 heavy (non-hydrogen) atoms. The SMILES string of the molecule is O=C(Nc1cc(F)c(Oc2ccc3ncc(N4CCNCC4)nc3c2)c(F)c1)c1cccc(C(F)(F)F)c1. The van der Waals surface area contributed by atoms with E-state index in [0.29, 0.717) is 22.9 Å². The van der Waals surface area contributed by atoms with Gasteiger partial charge in [0.05, 0.1) is 22.8 Å². The number of alkyl halides is 3. The van der Waals surface area contributed by atoms with E-state index in [1.54, 1.807) is 12.3 Å². The second-order valence-electron chi connectivity index (χ2n) is 8.52. The van der Waals surface area contributed by atoms with Gasteiger partial charge in [0.1, 0.15) is 11.6 Å². The lowest BCUT2D eigenvalue weighted by molar-refractivity contribution is -0.137. The lowest BCUT2D eigenvalue weighted by Crippen LogP contribution is -2.43. The molecule has 2 N–H and O–H groups in total. The van der Waals surface area contributed by atoms with E-state index >= 15 is 0 Å². The number of hydrogen-bond donors (Lipinski definition) is 2. The molecule has 3 aromatic carbocycles. The molecular weight excluding hydrogens is 509 g/mol. The van der Waals surface area contributed by atoms with Crippen molar-refractivity contribution in [1.29, 1.82) is 0 Å². The number of halogens is 5. The molecule has 196 valence electrons. The van der Waals surface area contributed by atoms with Crippen LogP contribution in [0.2, 0.25) is 0 Å². The summed E-state index contributed by atoms with van der Waals surface area (Å²) in [4.78, 5) is 23.4. The third kappa shape index (κ3) is 5.49. The van der Waals surface area contributed by atoms with Crippen LogP contribution in [0.4, 0.5) is 33.5 Å². The highest BCUT2D eigenvalue weighted by atomic mass is 19.4. The molecule has 1 aliphatic heterocycles. The third-order valence-corrected chi connectivity index (χ3v) is 5.87. The normalized spacial score (nSPS) is 14.0. The Morgan fingerprint density at radius 1 is 0.974 bits per heavy atom. The molecule has 1 amide bonds. The molecule has 1 aliphatic rings. The zero-order chi connectivity index (χ0) is 26.9. The fraction of sp³-hybridized carbons (Fsp3) is 0.192. The smallest absolute Gasteiger partial charge is 0.416 e. The number of ether oxygens (including phenoxy) is 1. The Labute approximate surface area is 213 Å². The van der Waals surface area contributed by atoms with E-state index in [0.717, 1.165) is 56.5 Å². The quantitative estimate of drug-likeness (QED) is 0.338. The Hall–Kier alpha value is -4.32. The number of hydrogen-bond acceptors (Lipinski definition) is 6. The van der Waals surface area contributed by atoms with Crippen molar-refractivity contribution in [3.8, 4) is 11.5 Å². The Balaban J connectivity index is 1.34. The molecule has 0 aliphatic carbocycles. The topological polar surface area (TPSA) is 79.4 Å². The fourth-order valence-electron chi connectivity index (χ4n) is 3.98. The monoisotopic (exact) mass is 529 g/mol. The maximum absolute atomic E-state index is 14.8. The van der Waals surface area contributed by atoms with Crippen LogP contribution in [0.5, 0.6) is 11.5 Å². The van der Waals surface area contributed by atoms with Crippen LogP contribution in [0.1, 0.15) is 15.9 Å². The largest absolute Gasteiger partial charge is 0.451 e. The molecule has 1 saturated heterocycles. The molecule has 1 aromatic heterocycles. The molecule has 2 heterocycles. The van der Waals surface area contributed by atoms with Crippen molar-refractivity contribution in [2.75, 3.05) is 36.4 Å². The molecule has 4 aromatic rings. The predicted molar refractivity (Wildman–Crippen MR) is 130 cm³/mol. The van der Waals surface area contributed by atoms with Crippen LogP contribution in [-0.4, -0.2) is 42.1 Å². The lowest BCUT2D eigenvalue weighted by atomic mass is 10.1. The lowest BCUT2D eigenvalue weighted by Gasteiger charge is -2.28. The Morgan fingerprint density at radius 3 is 2.42 bits per heavy atom. The Morgan fingerprint density at radius 2 is 1.71 bits per heavy atom. The molecular formula is C26H20F5N5O2. The highest BCUT2D eigenvalue weighted by Crippen LogP contribution is 2.33. The molecule has 0 unspecified atom stereocenters. The average molecular weight is 529 g/mol. The zero-order valence-electron chi connectivity index (χ0n) is 19.6. The number of piperazine rings is 1. The number of anilines is 2. The molecule has 0 saturated carbocycles. The van der Waals surface area contributed by atoms with Crippen LogP contribution >= 0.6 is 0 Å². The predicted octanol–water partition coefficient (Wildman–Crippen LogP) is 5.38. The average Bonchev–Trinajstić information content (AvgIpc) is 2.90. The van der Waals surface area contributed by atoms with Crippen LogP contribution in [-0.2, 0) is 6.18 Å². The molecule has 0 atom stereocenters. The van der Waals surface area contributed by atoms with E-state index in [1.165, 1.54) is 12.1 Å².